The van der Waals surface area contributed by atoms with Crippen molar-refractivity contribution < 1.29 is 24.1 Å². The summed E-state index contributed by atoms with van der Waals surface area (Å²) < 4.78 is 15.7. The minimum Gasteiger partial charge on any atom is -0.478 e. The third-order valence-electron chi connectivity index (χ3n) is 2.89. The van der Waals surface area contributed by atoms with Crippen LogP contribution in [0.2, 0.25) is 0 Å². The zero-order valence-electron chi connectivity index (χ0n) is 11.7. The largest absolute Gasteiger partial charge is 0.478 e. The van der Waals surface area contributed by atoms with E-state index in [-0.39, 0.29) is 5.56 Å². The Morgan fingerprint density at radius 1 is 1.14 bits per heavy atom. The highest BCUT2D eigenvalue weighted by atomic mass is 16.5. The predicted molar refractivity (Wildman–Crippen MR) is 76.9 cm³/mol. The summed E-state index contributed by atoms with van der Waals surface area (Å²) in [6, 6.07) is 7.13. The molecule has 0 aliphatic carbocycles. The number of carboxylic acids is 1. The van der Waals surface area contributed by atoms with E-state index in [0.717, 1.165) is 0 Å². The zero-order chi connectivity index (χ0) is 15.1. The van der Waals surface area contributed by atoms with E-state index in [0.29, 0.717) is 43.1 Å². The SMILES string of the molecule is COCCOCCOc1ncc(C(=O)O)c2ccccc12. The lowest BCUT2D eigenvalue weighted by atomic mass is 10.1. The first-order valence-corrected chi connectivity index (χ1v) is 6.54. The number of hydrogen-bond donors (Lipinski definition) is 1. The van der Waals surface area contributed by atoms with E-state index >= 15 is 0 Å². The molecule has 6 nitrogen and oxygen atoms in total. The van der Waals surface area contributed by atoms with Gasteiger partial charge in [-0.15, -0.1) is 0 Å². The third-order valence-corrected chi connectivity index (χ3v) is 2.89. The summed E-state index contributed by atoms with van der Waals surface area (Å²) in [5.74, 6) is -0.598. The first-order chi connectivity index (χ1) is 10.2. The summed E-state index contributed by atoms with van der Waals surface area (Å²) >= 11 is 0. The molecule has 0 saturated heterocycles. The zero-order valence-corrected chi connectivity index (χ0v) is 11.7. The van der Waals surface area contributed by atoms with Gasteiger partial charge in [0.2, 0.25) is 5.88 Å². The molecule has 21 heavy (non-hydrogen) atoms. The molecular weight excluding hydrogens is 274 g/mol. The van der Waals surface area contributed by atoms with Gasteiger partial charge in [-0.25, -0.2) is 9.78 Å². The second kappa shape index (κ2) is 7.56. The van der Waals surface area contributed by atoms with Gasteiger partial charge in [0.05, 0.1) is 25.4 Å². The number of fused-ring (bicyclic) bond motifs is 1. The van der Waals surface area contributed by atoms with Crippen LogP contribution in [0, 0.1) is 0 Å². The number of aromatic carboxylic acids is 1. The van der Waals surface area contributed by atoms with Crippen molar-refractivity contribution in [2.45, 2.75) is 0 Å². The highest BCUT2D eigenvalue weighted by Gasteiger charge is 2.12. The number of rotatable bonds is 8. The van der Waals surface area contributed by atoms with Gasteiger partial charge in [0.15, 0.2) is 0 Å². The molecule has 6 heteroatoms. The summed E-state index contributed by atoms with van der Waals surface area (Å²) in [6.07, 6.45) is 1.31. The molecule has 1 aromatic carbocycles. The van der Waals surface area contributed by atoms with Crippen LogP contribution >= 0.6 is 0 Å². The van der Waals surface area contributed by atoms with Crippen LogP contribution in [0.1, 0.15) is 10.4 Å². The van der Waals surface area contributed by atoms with Gasteiger partial charge < -0.3 is 19.3 Å². The Bertz CT molecular complexity index is 614. The second-order valence-corrected chi connectivity index (χ2v) is 4.28. The number of carbonyl (C=O) groups is 1. The fourth-order valence-corrected chi connectivity index (χ4v) is 1.89. The molecule has 0 aliphatic heterocycles. The number of aromatic nitrogens is 1. The second-order valence-electron chi connectivity index (χ2n) is 4.28. The van der Waals surface area contributed by atoms with Crippen molar-refractivity contribution in [3.05, 3.63) is 36.0 Å². The first kappa shape index (κ1) is 15.2. The van der Waals surface area contributed by atoms with Crippen LogP contribution in [0.3, 0.4) is 0 Å². The monoisotopic (exact) mass is 291 g/mol. The van der Waals surface area contributed by atoms with Gasteiger partial charge in [0, 0.05) is 24.1 Å². The number of methoxy groups -OCH3 is 1. The lowest BCUT2D eigenvalue weighted by Crippen LogP contribution is -2.11. The smallest absolute Gasteiger partial charge is 0.337 e. The normalized spacial score (nSPS) is 10.7. The van der Waals surface area contributed by atoms with Crippen molar-refractivity contribution >= 4 is 16.7 Å². The van der Waals surface area contributed by atoms with Crippen molar-refractivity contribution in [1.29, 1.82) is 0 Å². The Morgan fingerprint density at radius 2 is 1.86 bits per heavy atom. The van der Waals surface area contributed by atoms with Gasteiger partial charge >= 0.3 is 5.97 Å². The minimum absolute atomic E-state index is 0.161. The molecule has 2 rings (SSSR count). The Hall–Kier alpha value is -2.18. The lowest BCUT2D eigenvalue weighted by Gasteiger charge is -2.10. The van der Waals surface area contributed by atoms with E-state index < -0.39 is 5.97 Å². The van der Waals surface area contributed by atoms with Crippen molar-refractivity contribution in [3.63, 3.8) is 0 Å². The maximum absolute atomic E-state index is 11.2. The highest BCUT2D eigenvalue weighted by molar-refractivity contribution is 6.04. The van der Waals surface area contributed by atoms with Crippen LogP contribution in [0.15, 0.2) is 30.5 Å². The third kappa shape index (κ3) is 3.90. The Morgan fingerprint density at radius 3 is 2.57 bits per heavy atom. The molecule has 0 fully saturated rings. The van der Waals surface area contributed by atoms with Crippen molar-refractivity contribution in [3.8, 4) is 5.88 Å². The van der Waals surface area contributed by atoms with Gasteiger partial charge in [0.1, 0.15) is 6.61 Å². The van der Waals surface area contributed by atoms with Crippen LogP contribution in [0.25, 0.3) is 10.8 Å². The Labute approximate surface area is 122 Å². The number of benzene rings is 1. The average molecular weight is 291 g/mol. The average Bonchev–Trinajstić information content (AvgIpc) is 2.50. The first-order valence-electron chi connectivity index (χ1n) is 6.54. The fourth-order valence-electron chi connectivity index (χ4n) is 1.89. The van der Waals surface area contributed by atoms with Gasteiger partial charge in [-0.05, 0) is 6.07 Å². The molecule has 112 valence electrons. The molecule has 2 aromatic rings. The van der Waals surface area contributed by atoms with Crippen LogP contribution in [0.4, 0.5) is 0 Å². The number of carboxylic acid groups (broad SMARTS) is 1. The molecule has 0 bridgehead atoms. The number of nitrogens with zero attached hydrogens (tertiary/aromatic N) is 1. The van der Waals surface area contributed by atoms with Crippen LogP contribution in [-0.4, -0.2) is 49.6 Å². The van der Waals surface area contributed by atoms with Crippen LogP contribution in [-0.2, 0) is 9.47 Å². The molecule has 1 N–H and O–H groups in total. The molecular formula is C15H17NO5. The van der Waals surface area contributed by atoms with Crippen molar-refractivity contribution in [1.82, 2.24) is 4.98 Å². The molecule has 0 saturated carbocycles. The number of pyridine rings is 1. The van der Waals surface area contributed by atoms with Crippen LogP contribution < -0.4 is 4.74 Å². The van der Waals surface area contributed by atoms with E-state index in [9.17, 15) is 4.79 Å². The lowest BCUT2D eigenvalue weighted by molar-refractivity contribution is 0.0539. The van der Waals surface area contributed by atoms with Crippen molar-refractivity contribution in [2.24, 2.45) is 0 Å². The van der Waals surface area contributed by atoms with Gasteiger partial charge in [0.25, 0.3) is 0 Å². The summed E-state index contributed by atoms with van der Waals surface area (Å²) in [7, 11) is 1.61. The van der Waals surface area contributed by atoms with E-state index in [1.807, 2.05) is 6.07 Å². The summed E-state index contributed by atoms with van der Waals surface area (Å²) in [5, 5.41) is 10.4. The van der Waals surface area contributed by atoms with Crippen molar-refractivity contribution in [2.75, 3.05) is 33.5 Å². The Balaban J connectivity index is 2.07. The molecule has 0 aliphatic rings. The topological polar surface area (TPSA) is 77.9 Å². The minimum atomic E-state index is -1.01. The number of hydrogen-bond acceptors (Lipinski definition) is 5. The van der Waals surface area contributed by atoms with E-state index in [2.05, 4.69) is 4.98 Å². The van der Waals surface area contributed by atoms with Gasteiger partial charge in [-0.3, -0.25) is 0 Å². The van der Waals surface area contributed by atoms with Crippen LogP contribution in [0.5, 0.6) is 5.88 Å². The number of ether oxygens (including phenoxy) is 3. The molecule has 0 amide bonds. The van der Waals surface area contributed by atoms with Gasteiger partial charge in [-0.2, -0.15) is 0 Å². The molecule has 1 heterocycles. The highest BCUT2D eigenvalue weighted by Crippen LogP contribution is 2.26. The van der Waals surface area contributed by atoms with Gasteiger partial charge in [-0.1, -0.05) is 18.2 Å². The summed E-state index contributed by atoms with van der Waals surface area (Å²) in [5.41, 5.74) is 0.161. The maximum Gasteiger partial charge on any atom is 0.337 e. The fraction of sp³-hybridized carbons (Fsp3) is 0.333. The molecule has 1 aromatic heterocycles. The summed E-state index contributed by atoms with van der Waals surface area (Å²) in [6.45, 7) is 1.80. The van der Waals surface area contributed by atoms with E-state index in [4.69, 9.17) is 19.3 Å². The van der Waals surface area contributed by atoms with E-state index in [1.54, 1.807) is 25.3 Å². The molecule has 0 unspecified atom stereocenters. The standard InChI is InChI=1S/C15H17NO5/c1-19-6-7-20-8-9-21-14-12-5-3-2-4-11(12)13(10-16-14)15(17)18/h2-5,10H,6-9H2,1H3,(H,17,18). The molecule has 0 spiro atoms. The molecule has 0 atom stereocenters. The maximum atomic E-state index is 11.2. The Kier molecular flexibility index (Phi) is 5.48. The van der Waals surface area contributed by atoms with E-state index in [1.165, 1.54) is 6.20 Å². The quantitative estimate of drug-likeness (QED) is 0.749. The summed E-state index contributed by atoms with van der Waals surface area (Å²) in [4.78, 5) is 15.3. The molecule has 0 radical (unpaired) electrons. The predicted octanol–water partition coefficient (Wildman–Crippen LogP) is 1.97.